The van der Waals surface area contributed by atoms with Crippen LogP contribution in [-0.4, -0.2) is 16.4 Å². The summed E-state index contributed by atoms with van der Waals surface area (Å²) >= 11 is 5.52. The first-order valence-corrected chi connectivity index (χ1v) is 9.95. The van der Waals surface area contributed by atoms with E-state index in [1.54, 1.807) is 0 Å². The van der Waals surface area contributed by atoms with E-state index in [1.807, 2.05) is 48.5 Å². The topological polar surface area (TPSA) is 43.3 Å². The van der Waals surface area contributed by atoms with E-state index in [4.69, 9.17) is 16.3 Å². The molecule has 0 aliphatic carbocycles. The number of aromatic nitrogens is 1. The van der Waals surface area contributed by atoms with Crippen molar-refractivity contribution < 1.29 is 9.53 Å². The molecular weight excluding hydrogens is 384 g/mol. The summed E-state index contributed by atoms with van der Waals surface area (Å²) in [6.45, 7) is 1.30. The molecule has 0 aliphatic heterocycles. The summed E-state index contributed by atoms with van der Waals surface area (Å²) in [5, 5.41) is 3.89. The van der Waals surface area contributed by atoms with Crippen LogP contribution in [0.2, 0.25) is 0 Å². The largest absolute Gasteiger partial charge is 0.489 e. The molecule has 1 N–H and O–H groups in total. The van der Waals surface area contributed by atoms with Gasteiger partial charge in [0.1, 0.15) is 18.2 Å². The monoisotopic (exact) mass is 404 g/mol. The number of halogens is 1. The SMILES string of the molecule is O=C(CCl)Nc1ccc(Cn2ccc3cc(OCc4ccccc4)ccc32)cc1. The highest BCUT2D eigenvalue weighted by Gasteiger charge is 2.05. The van der Waals surface area contributed by atoms with Crippen LogP contribution in [0, 0.1) is 0 Å². The van der Waals surface area contributed by atoms with E-state index < -0.39 is 0 Å². The zero-order valence-corrected chi connectivity index (χ0v) is 16.6. The molecule has 0 atom stereocenters. The van der Waals surface area contributed by atoms with Crippen molar-refractivity contribution in [3.8, 4) is 5.75 Å². The molecule has 5 heteroatoms. The van der Waals surface area contributed by atoms with E-state index in [-0.39, 0.29) is 11.8 Å². The molecule has 0 unspecified atom stereocenters. The van der Waals surface area contributed by atoms with Gasteiger partial charge in [-0.25, -0.2) is 0 Å². The number of carbonyl (C=O) groups excluding carboxylic acids is 1. The highest BCUT2D eigenvalue weighted by molar-refractivity contribution is 6.29. The fraction of sp³-hybridized carbons (Fsp3) is 0.125. The Morgan fingerprint density at radius 1 is 0.931 bits per heavy atom. The predicted molar refractivity (Wildman–Crippen MR) is 118 cm³/mol. The van der Waals surface area contributed by atoms with Gasteiger partial charge in [-0.3, -0.25) is 4.79 Å². The molecule has 4 nitrogen and oxygen atoms in total. The lowest BCUT2D eigenvalue weighted by Gasteiger charge is -2.09. The number of nitrogens with one attached hydrogen (secondary N) is 1. The average molecular weight is 405 g/mol. The van der Waals surface area contributed by atoms with E-state index in [1.165, 1.54) is 0 Å². The number of fused-ring (bicyclic) bond motifs is 1. The molecule has 0 radical (unpaired) electrons. The summed E-state index contributed by atoms with van der Waals surface area (Å²) in [5.41, 5.74) is 4.19. The number of hydrogen-bond donors (Lipinski definition) is 1. The first-order valence-electron chi connectivity index (χ1n) is 9.41. The van der Waals surface area contributed by atoms with E-state index >= 15 is 0 Å². The Kier molecular flexibility index (Phi) is 5.82. The number of amides is 1. The van der Waals surface area contributed by atoms with Crippen molar-refractivity contribution in [3.05, 3.63) is 96.2 Å². The molecule has 1 amide bonds. The second kappa shape index (κ2) is 8.84. The quantitative estimate of drug-likeness (QED) is 0.416. The lowest BCUT2D eigenvalue weighted by molar-refractivity contribution is -0.113. The second-order valence-corrected chi connectivity index (χ2v) is 7.08. The zero-order chi connectivity index (χ0) is 20.1. The molecule has 3 aromatic carbocycles. The molecule has 0 spiro atoms. The first kappa shape index (κ1) is 19.1. The molecule has 1 heterocycles. The highest BCUT2D eigenvalue weighted by Crippen LogP contribution is 2.24. The number of nitrogens with zero attached hydrogens (tertiary/aromatic N) is 1. The Morgan fingerprint density at radius 3 is 2.48 bits per heavy atom. The fourth-order valence-corrected chi connectivity index (χ4v) is 3.30. The number of rotatable bonds is 7. The Labute approximate surface area is 174 Å². The molecular formula is C24H21ClN2O2. The van der Waals surface area contributed by atoms with Crippen LogP contribution in [0.3, 0.4) is 0 Å². The maximum atomic E-state index is 11.4. The van der Waals surface area contributed by atoms with Gasteiger partial charge in [0.15, 0.2) is 0 Å². The van der Waals surface area contributed by atoms with Crippen LogP contribution >= 0.6 is 11.6 Å². The molecule has 0 bridgehead atoms. The van der Waals surface area contributed by atoms with Crippen LogP contribution in [-0.2, 0) is 17.9 Å². The Bertz CT molecular complexity index is 1100. The van der Waals surface area contributed by atoms with Crippen LogP contribution in [0.15, 0.2) is 85.1 Å². The average Bonchev–Trinajstić information content (AvgIpc) is 3.16. The highest BCUT2D eigenvalue weighted by atomic mass is 35.5. The van der Waals surface area contributed by atoms with Gasteiger partial charge in [-0.1, -0.05) is 42.5 Å². The van der Waals surface area contributed by atoms with Gasteiger partial charge in [0.2, 0.25) is 5.91 Å². The molecule has 146 valence electrons. The van der Waals surface area contributed by atoms with E-state index in [2.05, 4.69) is 46.4 Å². The van der Waals surface area contributed by atoms with Crippen LogP contribution < -0.4 is 10.1 Å². The maximum absolute atomic E-state index is 11.4. The molecule has 4 rings (SSSR count). The third kappa shape index (κ3) is 4.79. The van der Waals surface area contributed by atoms with E-state index in [0.29, 0.717) is 6.61 Å². The normalized spacial score (nSPS) is 10.8. The smallest absolute Gasteiger partial charge is 0.239 e. The summed E-state index contributed by atoms with van der Waals surface area (Å²) in [4.78, 5) is 11.4. The van der Waals surface area contributed by atoms with Gasteiger partial charge in [-0.2, -0.15) is 0 Å². The molecule has 4 aromatic rings. The maximum Gasteiger partial charge on any atom is 0.239 e. The summed E-state index contributed by atoms with van der Waals surface area (Å²) in [5.74, 6) is 0.605. The lowest BCUT2D eigenvalue weighted by atomic mass is 10.2. The zero-order valence-electron chi connectivity index (χ0n) is 15.8. The second-order valence-electron chi connectivity index (χ2n) is 6.82. The predicted octanol–water partition coefficient (Wildman–Crippen LogP) is 5.45. The molecule has 1 aromatic heterocycles. The van der Waals surface area contributed by atoms with Gasteiger partial charge in [-0.05, 0) is 47.5 Å². The third-order valence-electron chi connectivity index (χ3n) is 4.70. The fourth-order valence-electron chi connectivity index (χ4n) is 3.23. The number of ether oxygens (including phenoxy) is 1. The van der Waals surface area contributed by atoms with Gasteiger partial charge in [0, 0.05) is 29.3 Å². The van der Waals surface area contributed by atoms with Crippen LogP contribution in [0.4, 0.5) is 5.69 Å². The standard InChI is InChI=1S/C24H21ClN2O2/c25-15-24(28)26-21-8-6-18(7-9-21)16-27-13-12-20-14-22(10-11-23(20)27)29-17-19-4-2-1-3-5-19/h1-14H,15-17H2,(H,26,28). The third-order valence-corrected chi connectivity index (χ3v) is 4.95. The van der Waals surface area contributed by atoms with Crippen molar-refractivity contribution in [2.45, 2.75) is 13.2 Å². The van der Waals surface area contributed by atoms with Crippen molar-refractivity contribution in [1.82, 2.24) is 4.57 Å². The first-order chi connectivity index (χ1) is 14.2. The van der Waals surface area contributed by atoms with Crippen molar-refractivity contribution in [2.75, 3.05) is 11.2 Å². The van der Waals surface area contributed by atoms with Crippen molar-refractivity contribution in [3.63, 3.8) is 0 Å². The summed E-state index contributed by atoms with van der Waals surface area (Å²) < 4.78 is 8.13. The number of alkyl halides is 1. The van der Waals surface area contributed by atoms with Crippen LogP contribution in [0.1, 0.15) is 11.1 Å². The number of carbonyl (C=O) groups is 1. The minimum atomic E-state index is -0.207. The molecule has 29 heavy (non-hydrogen) atoms. The van der Waals surface area contributed by atoms with Crippen LogP contribution in [0.5, 0.6) is 5.75 Å². The lowest BCUT2D eigenvalue weighted by Crippen LogP contribution is -2.12. The number of anilines is 1. The number of hydrogen-bond acceptors (Lipinski definition) is 2. The van der Waals surface area contributed by atoms with E-state index in [0.717, 1.165) is 40.0 Å². The van der Waals surface area contributed by atoms with Gasteiger partial charge >= 0.3 is 0 Å². The Hall–Kier alpha value is -3.24. The minimum absolute atomic E-state index is 0.0475. The molecule has 0 saturated heterocycles. The number of benzene rings is 3. The van der Waals surface area contributed by atoms with Gasteiger partial charge in [0.05, 0.1) is 0 Å². The molecule has 0 saturated carbocycles. The van der Waals surface area contributed by atoms with Crippen molar-refractivity contribution >= 4 is 34.1 Å². The summed E-state index contributed by atoms with van der Waals surface area (Å²) in [6, 6.07) is 26.2. The van der Waals surface area contributed by atoms with Gasteiger partial charge < -0.3 is 14.6 Å². The van der Waals surface area contributed by atoms with Gasteiger partial charge in [-0.15, -0.1) is 11.6 Å². The van der Waals surface area contributed by atoms with E-state index in [9.17, 15) is 4.79 Å². The Balaban J connectivity index is 1.44. The van der Waals surface area contributed by atoms with Gasteiger partial charge in [0.25, 0.3) is 0 Å². The minimum Gasteiger partial charge on any atom is -0.489 e. The summed E-state index contributed by atoms with van der Waals surface area (Å²) in [7, 11) is 0. The Morgan fingerprint density at radius 2 is 1.72 bits per heavy atom. The molecule has 0 aliphatic rings. The van der Waals surface area contributed by atoms with Crippen LogP contribution in [0.25, 0.3) is 10.9 Å². The summed E-state index contributed by atoms with van der Waals surface area (Å²) in [6.07, 6.45) is 2.08. The molecule has 0 fully saturated rings. The van der Waals surface area contributed by atoms with Crippen molar-refractivity contribution in [1.29, 1.82) is 0 Å². The van der Waals surface area contributed by atoms with Crippen molar-refractivity contribution in [2.24, 2.45) is 0 Å².